The number of hydrogen-bond donors (Lipinski definition) is 2. The van der Waals surface area contributed by atoms with Gasteiger partial charge < -0.3 is 10.6 Å². The Hall–Kier alpha value is -1.58. The molecule has 16 heavy (non-hydrogen) atoms. The minimum absolute atomic E-state index is 0.0722. The molecule has 4 heteroatoms. The number of hydrogen-bond acceptors (Lipinski definition) is 2. The highest BCUT2D eigenvalue weighted by Gasteiger charge is 2.03. The maximum Gasteiger partial charge on any atom is 0.239 e. The molecule has 1 amide bonds. The minimum Gasteiger partial charge on any atom is -0.376 e. The molecule has 0 aliphatic rings. The number of rotatable bonds is 4. The van der Waals surface area contributed by atoms with Gasteiger partial charge in [0.1, 0.15) is 5.82 Å². The Kier molecular flexibility index (Phi) is 4.28. The van der Waals surface area contributed by atoms with Crippen LogP contribution in [-0.2, 0) is 4.79 Å². The Morgan fingerprint density at radius 2 is 2.12 bits per heavy atom. The van der Waals surface area contributed by atoms with Gasteiger partial charge >= 0.3 is 0 Å². The number of aryl methyl sites for hydroxylation is 1. The second kappa shape index (κ2) is 5.49. The van der Waals surface area contributed by atoms with Crippen LogP contribution in [0, 0.1) is 12.7 Å². The van der Waals surface area contributed by atoms with Crippen LogP contribution in [0.3, 0.4) is 0 Å². The van der Waals surface area contributed by atoms with Gasteiger partial charge in [-0.2, -0.15) is 0 Å². The fourth-order valence-electron chi connectivity index (χ4n) is 1.31. The van der Waals surface area contributed by atoms with Gasteiger partial charge in [0.25, 0.3) is 0 Å². The molecule has 0 bridgehead atoms. The van der Waals surface area contributed by atoms with Crippen LogP contribution in [0.15, 0.2) is 18.2 Å². The fraction of sp³-hybridized carbons (Fsp3) is 0.417. The Bertz CT molecular complexity index is 377. The van der Waals surface area contributed by atoms with Crippen molar-refractivity contribution >= 4 is 11.6 Å². The molecule has 0 radical (unpaired) electrons. The zero-order valence-corrected chi connectivity index (χ0v) is 9.80. The molecule has 1 rings (SSSR count). The Labute approximate surface area is 95.0 Å². The predicted molar refractivity (Wildman–Crippen MR) is 62.9 cm³/mol. The SMILES string of the molecule is Cc1cc(NCC(=O)NC(C)C)ccc1F. The van der Waals surface area contributed by atoms with Crippen LogP contribution in [0.4, 0.5) is 10.1 Å². The molecule has 0 aliphatic heterocycles. The van der Waals surface area contributed by atoms with E-state index in [-0.39, 0.29) is 24.3 Å². The van der Waals surface area contributed by atoms with Crippen LogP contribution in [0.5, 0.6) is 0 Å². The molecular weight excluding hydrogens is 207 g/mol. The van der Waals surface area contributed by atoms with Gasteiger partial charge in [-0.05, 0) is 44.5 Å². The quantitative estimate of drug-likeness (QED) is 0.822. The van der Waals surface area contributed by atoms with Crippen LogP contribution < -0.4 is 10.6 Å². The second-order valence-electron chi connectivity index (χ2n) is 4.04. The highest BCUT2D eigenvalue weighted by molar-refractivity contribution is 5.80. The highest BCUT2D eigenvalue weighted by Crippen LogP contribution is 2.12. The highest BCUT2D eigenvalue weighted by atomic mass is 19.1. The van der Waals surface area contributed by atoms with E-state index < -0.39 is 0 Å². The Morgan fingerprint density at radius 3 is 2.69 bits per heavy atom. The first-order valence-corrected chi connectivity index (χ1v) is 5.28. The summed E-state index contributed by atoms with van der Waals surface area (Å²) in [5.41, 5.74) is 1.31. The average molecular weight is 224 g/mol. The lowest BCUT2D eigenvalue weighted by atomic mass is 10.2. The normalized spacial score (nSPS) is 10.3. The molecule has 0 aliphatic carbocycles. The van der Waals surface area contributed by atoms with Gasteiger partial charge in [-0.15, -0.1) is 0 Å². The van der Waals surface area contributed by atoms with Gasteiger partial charge in [0.2, 0.25) is 5.91 Å². The standard InChI is InChI=1S/C12H17FN2O/c1-8(2)15-12(16)7-14-10-4-5-11(13)9(3)6-10/h4-6,8,14H,7H2,1-3H3,(H,15,16). The van der Waals surface area contributed by atoms with Gasteiger partial charge in [0.05, 0.1) is 6.54 Å². The van der Waals surface area contributed by atoms with E-state index in [1.54, 1.807) is 19.1 Å². The Balaban J connectivity index is 2.48. The summed E-state index contributed by atoms with van der Waals surface area (Å²) in [6.45, 7) is 5.69. The average Bonchev–Trinajstić information content (AvgIpc) is 2.19. The van der Waals surface area contributed by atoms with Crippen molar-refractivity contribution in [1.29, 1.82) is 0 Å². The lowest BCUT2D eigenvalue weighted by Crippen LogP contribution is -2.34. The molecule has 0 heterocycles. The molecule has 0 spiro atoms. The minimum atomic E-state index is -0.239. The molecule has 88 valence electrons. The number of carbonyl (C=O) groups is 1. The Morgan fingerprint density at radius 1 is 1.44 bits per heavy atom. The molecular formula is C12H17FN2O. The number of carbonyl (C=O) groups excluding carboxylic acids is 1. The van der Waals surface area contributed by atoms with E-state index >= 15 is 0 Å². The van der Waals surface area contributed by atoms with E-state index in [0.717, 1.165) is 5.69 Å². The first kappa shape index (κ1) is 12.5. The van der Waals surface area contributed by atoms with E-state index in [2.05, 4.69) is 10.6 Å². The molecule has 1 aromatic rings. The summed E-state index contributed by atoms with van der Waals surface area (Å²) < 4.78 is 13.0. The molecule has 0 saturated heterocycles. The molecule has 0 atom stereocenters. The lowest BCUT2D eigenvalue weighted by Gasteiger charge is -2.10. The summed E-state index contributed by atoms with van der Waals surface area (Å²) in [4.78, 5) is 11.3. The third kappa shape index (κ3) is 3.88. The summed E-state index contributed by atoms with van der Waals surface area (Å²) in [5, 5.41) is 5.70. The first-order valence-electron chi connectivity index (χ1n) is 5.28. The van der Waals surface area contributed by atoms with Crippen LogP contribution >= 0.6 is 0 Å². The van der Waals surface area contributed by atoms with Crippen molar-refractivity contribution in [3.63, 3.8) is 0 Å². The van der Waals surface area contributed by atoms with E-state index in [0.29, 0.717) is 5.56 Å². The second-order valence-corrected chi connectivity index (χ2v) is 4.04. The maximum absolute atomic E-state index is 13.0. The molecule has 1 aromatic carbocycles. The van der Waals surface area contributed by atoms with Crippen LogP contribution in [0.2, 0.25) is 0 Å². The van der Waals surface area contributed by atoms with Crippen molar-refractivity contribution in [2.45, 2.75) is 26.8 Å². The van der Waals surface area contributed by atoms with Crippen molar-refractivity contribution in [2.75, 3.05) is 11.9 Å². The number of nitrogens with one attached hydrogen (secondary N) is 2. The fourth-order valence-corrected chi connectivity index (χ4v) is 1.31. The van der Waals surface area contributed by atoms with Crippen molar-refractivity contribution in [1.82, 2.24) is 5.32 Å². The smallest absolute Gasteiger partial charge is 0.239 e. The van der Waals surface area contributed by atoms with E-state index in [4.69, 9.17) is 0 Å². The van der Waals surface area contributed by atoms with Gasteiger partial charge in [-0.3, -0.25) is 4.79 Å². The van der Waals surface area contributed by atoms with Crippen molar-refractivity contribution in [2.24, 2.45) is 0 Å². The van der Waals surface area contributed by atoms with Crippen molar-refractivity contribution in [3.8, 4) is 0 Å². The summed E-state index contributed by atoms with van der Waals surface area (Å²) in [5.74, 6) is -0.311. The molecule has 3 nitrogen and oxygen atoms in total. The number of amides is 1. The zero-order chi connectivity index (χ0) is 12.1. The van der Waals surface area contributed by atoms with E-state index in [9.17, 15) is 9.18 Å². The first-order chi connectivity index (χ1) is 7.49. The summed E-state index contributed by atoms with van der Waals surface area (Å²) in [7, 11) is 0. The van der Waals surface area contributed by atoms with E-state index in [1.165, 1.54) is 6.07 Å². The van der Waals surface area contributed by atoms with Gasteiger partial charge in [-0.1, -0.05) is 0 Å². The molecule has 0 unspecified atom stereocenters. The molecule has 0 aromatic heterocycles. The van der Waals surface area contributed by atoms with E-state index in [1.807, 2.05) is 13.8 Å². The van der Waals surface area contributed by atoms with Gasteiger partial charge in [0.15, 0.2) is 0 Å². The third-order valence-electron chi connectivity index (χ3n) is 2.06. The molecule has 2 N–H and O–H groups in total. The predicted octanol–water partition coefficient (Wildman–Crippen LogP) is 2.07. The lowest BCUT2D eigenvalue weighted by molar-refractivity contribution is -0.119. The van der Waals surface area contributed by atoms with Crippen LogP contribution in [0.25, 0.3) is 0 Å². The van der Waals surface area contributed by atoms with Gasteiger partial charge in [-0.25, -0.2) is 4.39 Å². The monoisotopic (exact) mass is 224 g/mol. The molecule has 0 saturated carbocycles. The van der Waals surface area contributed by atoms with Crippen molar-refractivity contribution in [3.05, 3.63) is 29.6 Å². The topological polar surface area (TPSA) is 41.1 Å². The number of halogens is 1. The largest absolute Gasteiger partial charge is 0.376 e. The summed E-state index contributed by atoms with van der Waals surface area (Å²) >= 11 is 0. The molecule has 0 fully saturated rings. The maximum atomic E-state index is 13.0. The summed E-state index contributed by atoms with van der Waals surface area (Å²) in [6, 6.07) is 4.81. The third-order valence-corrected chi connectivity index (χ3v) is 2.06. The summed E-state index contributed by atoms with van der Waals surface area (Å²) in [6.07, 6.45) is 0. The zero-order valence-electron chi connectivity index (χ0n) is 9.80. The number of benzene rings is 1. The van der Waals surface area contributed by atoms with Crippen LogP contribution in [0.1, 0.15) is 19.4 Å². The number of anilines is 1. The van der Waals surface area contributed by atoms with Crippen LogP contribution in [-0.4, -0.2) is 18.5 Å². The van der Waals surface area contributed by atoms with Crippen molar-refractivity contribution < 1.29 is 9.18 Å². The van der Waals surface area contributed by atoms with Gasteiger partial charge in [0, 0.05) is 11.7 Å².